The Morgan fingerprint density at radius 2 is 1.25 bits per heavy atom. The van der Waals surface area contributed by atoms with E-state index in [1.165, 1.54) is 39.1 Å². The molecule has 1 N–H and O–H groups in total. The largest absolute Gasteiger partial charge is 0.364 e. The summed E-state index contributed by atoms with van der Waals surface area (Å²) in [7, 11) is 0. The fourth-order valence-corrected chi connectivity index (χ4v) is 4.19. The average molecular weight is 309 g/mol. The van der Waals surface area contributed by atoms with Crippen molar-refractivity contribution in [2.75, 3.05) is 0 Å². The van der Waals surface area contributed by atoms with Crippen LogP contribution in [0.3, 0.4) is 0 Å². The highest BCUT2D eigenvalue weighted by Gasteiger charge is 2.30. The summed E-state index contributed by atoms with van der Waals surface area (Å²) in [4.78, 5) is 3.47. The smallest absolute Gasteiger partial charge is 0.0496 e. The Morgan fingerprint density at radius 1 is 0.667 bits per heavy atom. The molecule has 5 rings (SSSR count). The van der Waals surface area contributed by atoms with E-state index in [2.05, 4.69) is 77.8 Å². The quantitative estimate of drug-likeness (QED) is 0.669. The third-order valence-electron chi connectivity index (χ3n) is 5.30. The van der Waals surface area contributed by atoms with Crippen molar-refractivity contribution < 1.29 is 0 Å². The summed E-state index contributed by atoms with van der Waals surface area (Å²) in [5.74, 6) is 0.285. The van der Waals surface area contributed by atoms with Gasteiger partial charge >= 0.3 is 0 Å². The van der Waals surface area contributed by atoms with Crippen LogP contribution in [0.4, 0.5) is 0 Å². The van der Waals surface area contributed by atoms with Crippen LogP contribution in [0.2, 0.25) is 0 Å². The minimum absolute atomic E-state index is 0.285. The lowest BCUT2D eigenvalue weighted by atomic mass is 9.83. The topological polar surface area (TPSA) is 15.8 Å². The van der Waals surface area contributed by atoms with Crippen LogP contribution in [0.25, 0.3) is 11.1 Å². The first-order chi connectivity index (χ1) is 11.9. The van der Waals surface area contributed by atoms with E-state index >= 15 is 0 Å². The lowest BCUT2D eigenvalue weighted by Gasteiger charge is -2.21. The molecule has 0 saturated carbocycles. The Kier molecular flexibility index (Phi) is 3.05. The van der Waals surface area contributed by atoms with Crippen LogP contribution in [0, 0.1) is 0 Å². The fraction of sp³-hybridized carbons (Fsp3) is 0.130. The first-order valence-corrected chi connectivity index (χ1v) is 8.62. The zero-order valence-corrected chi connectivity index (χ0v) is 13.5. The van der Waals surface area contributed by atoms with Gasteiger partial charge in [-0.3, -0.25) is 0 Å². The lowest BCUT2D eigenvalue weighted by Crippen LogP contribution is -2.04. The van der Waals surface area contributed by atoms with Crippen LogP contribution in [-0.4, -0.2) is 4.98 Å². The van der Waals surface area contributed by atoms with Crippen molar-refractivity contribution in [3.63, 3.8) is 0 Å². The molecule has 1 heterocycles. The van der Waals surface area contributed by atoms with Gasteiger partial charge in [0, 0.05) is 17.8 Å². The number of fused-ring (bicyclic) bond motifs is 2. The standard InChI is InChI=1S/C23H19N/c1-3-8-18-16(6-1)11-13-20(18)23(22-10-5-15-24-22)21-14-12-17-7-2-4-9-19(17)21/h1-10,13-15,23-24H,11-12H2. The molecule has 0 fully saturated rings. The summed E-state index contributed by atoms with van der Waals surface area (Å²) in [6, 6.07) is 22.0. The van der Waals surface area contributed by atoms with Crippen molar-refractivity contribution in [2.24, 2.45) is 0 Å². The molecule has 1 aromatic heterocycles. The van der Waals surface area contributed by atoms with Crippen molar-refractivity contribution >= 4 is 11.1 Å². The molecule has 0 bridgehead atoms. The Hall–Kier alpha value is -2.80. The zero-order chi connectivity index (χ0) is 15.9. The van der Waals surface area contributed by atoms with E-state index < -0.39 is 0 Å². The van der Waals surface area contributed by atoms with Gasteiger partial charge in [-0.25, -0.2) is 0 Å². The Balaban J connectivity index is 1.67. The van der Waals surface area contributed by atoms with E-state index in [0.717, 1.165) is 12.8 Å². The third kappa shape index (κ3) is 2.01. The molecule has 1 nitrogen and oxygen atoms in total. The lowest BCUT2D eigenvalue weighted by molar-refractivity contribution is 1.06. The van der Waals surface area contributed by atoms with Crippen LogP contribution >= 0.6 is 0 Å². The van der Waals surface area contributed by atoms with Gasteiger partial charge in [0.05, 0.1) is 0 Å². The molecular formula is C23H19N. The molecule has 0 amide bonds. The van der Waals surface area contributed by atoms with Crippen LogP contribution in [-0.2, 0) is 12.8 Å². The summed E-state index contributed by atoms with van der Waals surface area (Å²) < 4.78 is 0. The maximum absolute atomic E-state index is 3.47. The van der Waals surface area contributed by atoms with Crippen LogP contribution < -0.4 is 0 Å². The van der Waals surface area contributed by atoms with E-state index in [0.29, 0.717) is 0 Å². The number of hydrogen-bond donors (Lipinski definition) is 1. The van der Waals surface area contributed by atoms with Gasteiger partial charge in [-0.1, -0.05) is 60.7 Å². The molecule has 1 heteroatoms. The Morgan fingerprint density at radius 3 is 1.79 bits per heavy atom. The van der Waals surface area contributed by atoms with Gasteiger partial charge in [0.15, 0.2) is 0 Å². The second-order valence-electron chi connectivity index (χ2n) is 6.60. The predicted octanol–water partition coefficient (Wildman–Crippen LogP) is 5.38. The molecule has 0 atom stereocenters. The molecule has 0 spiro atoms. The molecule has 0 saturated heterocycles. The van der Waals surface area contributed by atoms with Crippen molar-refractivity contribution in [2.45, 2.75) is 18.8 Å². The molecule has 2 aromatic carbocycles. The molecule has 24 heavy (non-hydrogen) atoms. The van der Waals surface area contributed by atoms with Crippen molar-refractivity contribution in [3.05, 3.63) is 107 Å². The number of benzene rings is 2. The number of rotatable bonds is 3. The summed E-state index contributed by atoms with van der Waals surface area (Å²) in [5.41, 5.74) is 9.85. The van der Waals surface area contributed by atoms with Crippen LogP contribution in [0.1, 0.15) is 33.9 Å². The number of hydrogen-bond acceptors (Lipinski definition) is 0. The van der Waals surface area contributed by atoms with Crippen molar-refractivity contribution in [1.82, 2.24) is 4.98 Å². The molecule has 0 aliphatic heterocycles. The summed E-state index contributed by atoms with van der Waals surface area (Å²) in [5, 5.41) is 0. The minimum Gasteiger partial charge on any atom is -0.364 e. The summed E-state index contributed by atoms with van der Waals surface area (Å²) in [6.07, 6.45) is 8.94. The first-order valence-electron chi connectivity index (χ1n) is 8.62. The normalized spacial score (nSPS) is 15.2. The number of aromatic nitrogens is 1. The molecular weight excluding hydrogens is 290 g/mol. The van der Waals surface area contributed by atoms with Crippen LogP contribution in [0.5, 0.6) is 0 Å². The predicted molar refractivity (Wildman–Crippen MR) is 99.8 cm³/mol. The second-order valence-corrected chi connectivity index (χ2v) is 6.60. The third-order valence-corrected chi connectivity index (χ3v) is 5.30. The van der Waals surface area contributed by atoms with Gasteiger partial charge in [-0.2, -0.15) is 0 Å². The van der Waals surface area contributed by atoms with Gasteiger partial charge in [0.2, 0.25) is 0 Å². The maximum atomic E-state index is 3.47. The molecule has 2 aliphatic carbocycles. The van der Waals surface area contributed by atoms with Crippen molar-refractivity contribution in [3.8, 4) is 0 Å². The highest BCUT2D eigenvalue weighted by molar-refractivity contribution is 5.91. The van der Waals surface area contributed by atoms with Gasteiger partial charge in [-0.15, -0.1) is 0 Å². The van der Waals surface area contributed by atoms with Gasteiger partial charge in [-0.05, 0) is 58.4 Å². The van der Waals surface area contributed by atoms with E-state index in [9.17, 15) is 0 Å². The number of H-pyrrole nitrogens is 1. The van der Waals surface area contributed by atoms with E-state index in [1.54, 1.807) is 0 Å². The molecule has 2 aliphatic rings. The monoisotopic (exact) mass is 309 g/mol. The summed E-state index contributed by atoms with van der Waals surface area (Å²) >= 11 is 0. The average Bonchev–Trinajstić information content (AvgIpc) is 3.36. The number of allylic oxidation sites excluding steroid dienone is 4. The van der Waals surface area contributed by atoms with Gasteiger partial charge < -0.3 is 4.98 Å². The SMILES string of the molecule is C1=C(C(C2=CCc3ccccc32)c2ccc[nH]2)c2ccccc2C1. The molecule has 116 valence electrons. The Bertz CT molecular complexity index is 894. The second kappa shape index (κ2) is 5.38. The number of nitrogens with one attached hydrogen (secondary N) is 1. The van der Waals surface area contributed by atoms with E-state index in [1.807, 2.05) is 6.20 Å². The maximum Gasteiger partial charge on any atom is 0.0496 e. The fourth-order valence-electron chi connectivity index (χ4n) is 4.19. The van der Waals surface area contributed by atoms with Crippen molar-refractivity contribution in [1.29, 1.82) is 0 Å². The van der Waals surface area contributed by atoms with Gasteiger partial charge in [0.25, 0.3) is 0 Å². The van der Waals surface area contributed by atoms with E-state index in [4.69, 9.17) is 0 Å². The minimum atomic E-state index is 0.285. The van der Waals surface area contributed by atoms with Crippen LogP contribution in [0.15, 0.2) is 79.0 Å². The molecule has 0 unspecified atom stereocenters. The van der Waals surface area contributed by atoms with Gasteiger partial charge in [0.1, 0.15) is 0 Å². The molecule has 3 aromatic rings. The molecule has 0 radical (unpaired) electrons. The first kappa shape index (κ1) is 13.6. The Labute approximate surface area is 142 Å². The highest BCUT2D eigenvalue weighted by atomic mass is 14.7. The number of aromatic amines is 1. The highest BCUT2D eigenvalue weighted by Crippen LogP contribution is 2.47. The summed E-state index contributed by atoms with van der Waals surface area (Å²) in [6.45, 7) is 0. The van der Waals surface area contributed by atoms with E-state index in [-0.39, 0.29) is 5.92 Å². The zero-order valence-electron chi connectivity index (χ0n) is 13.5.